The molecule has 0 atom stereocenters. The Hall–Kier alpha value is -1.44. The Morgan fingerprint density at radius 3 is 1.91 bits per heavy atom. The van der Waals surface area contributed by atoms with Gasteiger partial charge in [0.25, 0.3) is 0 Å². The van der Waals surface area contributed by atoms with Crippen molar-refractivity contribution in [3.05, 3.63) is 48.5 Å². The van der Waals surface area contributed by atoms with Crippen LogP contribution in [-0.2, 0) is 0 Å². The Bertz CT molecular complexity index is 226. The van der Waals surface area contributed by atoms with Crippen LogP contribution >= 0.6 is 0 Å². The number of aromatic nitrogens is 2. The van der Waals surface area contributed by atoms with E-state index in [0.29, 0.717) is 0 Å². The van der Waals surface area contributed by atoms with Crippen LogP contribution in [0.25, 0.3) is 0 Å². The fourth-order valence-corrected chi connectivity index (χ4v) is 0.698. The molecule has 2 aromatic rings. The van der Waals surface area contributed by atoms with Gasteiger partial charge in [-0.05, 0) is 31.2 Å². The summed E-state index contributed by atoms with van der Waals surface area (Å²) in [6.45, 7) is 2.03. The van der Waals surface area contributed by atoms with Gasteiger partial charge in [-0.2, -0.15) is 0 Å². The highest BCUT2D eigenvalue weighted by Crippen LogP contribution is 1.86. The molecule has 58 valence electrons. The molecule has 0 aliphatic rings. The molecule has 0 aliphatic heterocycles. The van der Waals surface area contributed by atoms with E-state index >= 15 is 0 Å². The Labute approximate surface area is 66.3 Å². The monoisotopic (exact) mass is 148 g/mol. The third kappa shape index (κ3) is 3.30. The molecule has 2 heteroatoms. The summed E-state index contributed by atoms with van der Waals surface area (Å²) >= 11 is 0. The SMILES string of the molecule is Cc1ccc[nH]1.c1cc[nH]c1. The van der Waals surface area contributed by atoms with Gasteiger partial charge < -0.3 is 9.97 Å². The first-order chi connectivity index (χ1) is 5.39. The Kier molecular flexibility index (Phi) is 3.06. The lowest BCUT2D eigenvalue weighted by atomic mass is 10.5. The maximum absolute atomic E-state index is 3.00. The van der Waals surface area contributed by atoms with Crippen LogP contribution in [0.15, 0.2) is 42.9 Å². The number of hydrogen-bond donors (Lipinski definition) is 2. The molecule has 0 radical (unpaired) electrons. The second-order valence-corrected chi connectivity index (χ2v) is 2.24. The predicted octanol–water partition coefficient (Wildman–Crippen LogP) is 2.34. The molecular weight excluding hydrogens is 136 g/mol. The van der Waals surface area contributed by atoms with E-state index in [1.165, 1.54) is 5.69 Å². The third-order valence-corrected chi connectivity index (χ3v) is 1.25. The minimum absolute atomic E-state index is 1.22. The van der Waals surface area contributed by atoms with Gasteiger partial charge >= 0.3 is 0 Å². The first kappa shape index (κ1) is 7.66. The van der Waals surface area contributed by atoms with Crippen LogP contribution < -0.4 is 0 Å². The van der Waals surface area contributed by atoms with Crippen LogP contribution in [0.2, 0.25) is 0 Å². The first-order valence-corrected chi connectivity index (χ1v) is 3.57. The van der Waals surface area contributed by atoms with E-state index < -0.39 is 0 Å². The predicted molar refractivity (Wildman–Crippen MR) is 46.3 cm³/mol. The summed E-state index contributed by atoms with van der Waals surface area (Å²) in [6, 6.07) is 7.90. The van der Waals surface area contributed by atoms with Crippen LogP contribution in [0.3, 0.4) is 0 Å². The van der Waals surface area contributed by atoms with Crippen molar-refractivity contribution < 1.29 is 0 Å². The van der Waals surface area contributed by atoms with Gasteiger partial charge in [-0.15, -0.1) is 0 Å². The van der Waals surface area contributed by atoms with Crippen molar-refractivity contribution in [2.75, 3.05) is 0 Å². The molecule has 2 rings (SSSR count). The number of hydrogen-bond acceptors (Lipinski definition) is 0. The van der Waals surface area contributed by atoms with Crippen molar-refractivity contribution in [1.29, 1.82) is 0 Å². The summed E-state index contributed by atoms with van der Waals surface area (Å²) in [5, 5.41) is 0. The molecule has 0 saturated heterocycles. The number of aromatic amines is 2. The highest BCUT2D eigenvalue weighted by Gasteiger charge is 1.72. The molecule has 0 bridgehead atoms. The summed E-state index contributed by atoms with van der Waals surface area (Å²) in [5.74, 6) is 0. The minimum atomic E-state index is 1.22. The largest absolute Gasteiger partial charge is 0.368 e. The molecule has 0 aliphatic carbocycles. The van der Waals surface area contributed by atoms with E-state index in [-0.39, 0.29) is 0 Å². The van der Waals surface area contributed by atoms with Crippen molar-refractivity contribution in [3.63, 3.8) is 0 Å². The van der Waals surface area contributed by atoms with E-state index in [9.17, 15) is 0 Å². The topological polar surface area (TPSA) is 31.6 Å². The highest BCUT2D eigenvalue weighted by molar-refractivity contribution is 4.99. The maximum atomic E-state index is 3.00. The molecule has 11 heavy (non-hydrogen) atoms. The van der Waals surface area contributed by atoms with Crippen LogP contribution in [0, 0.1) is 6.92 Å². The van der Waals surface area contributed by atoms with Crippen molar-refractivity contribution in [2.45, 2.75) is 6.92 Å². The zero-order valence-electron chi connectivity index (χ0n) is 6.54. The summed E-state index contributed by atoms with van der Waals surface area (Å²) < 4.78 is 0. The molecule has 0 unspecified atom stereocenters. The number of aryl methyl sites for hydroxylation is 1. The first-order valence-electron chi connectivity index (χ1n) is 3.57. The van der Waals surface area contributed by atoms with Crippen LogP contribution in [0.5, 0.6) is 0 Å². The lowest BCUT2D eigenvalue weighted by Gasteiger charge is -1.70. The van der Waals surface area contributed by atoms with Gasteiger partial charge in [-0.25, -0.2) is 0 Å². The van der Waals surface area contributed by atoms with Crippen molar-refractivity contribution in [2.24, 2.45) is 0 Å². The van der Waals surface area contributed by atoms with Gasteiger partial charge in [0.2, 0.25) is 0 Å². The molecule has 0 saturated carbocycles. The lowest BCUT2D eigenvalue weighted by Crippen LogP contribution is -1.59. The average Bonchev–Trinajstić information content (AvgIpc) is 2.57. The highest BCUT2D eigenvalue weighted by atomic mass is 14.7. The van der Waals surface area contributed by atoms with Crippen LogP contribution in [-0.4, -0.2) is 9.97 Å². The van der Waals surface area contributed by atoms with E-state index in [1.54, 1.807) is 0 Å². The molecule has 2 N–H and O–H groups in total. The van der Waals surface area contributed by atoms with Gasteiger partial charge in [0.05, 0.1) is 0 Å². The van der Waals surface area contributed by atoms with Crippen LogP contribution in [0.4, 0.5) is 0 Å². The Balaban J connectivity index is 0.000000112. The van der Waals surface area contributed by atoms with Crippen molar-refractivity contribution in [1.82, 2.24) is 9.97 Å². The summed E-state index contributed by atoms with van der Waals surface area (Å²) in [4.78, 5) is 5.86. The number of nitrogens with one attached hydrogen (secondary N) is 2. The molecular formula is C9H12N2. The molecule has 2 nitrogen and oxygen atoms in total. The molecule has 0 spiro atoms. The van der Waals surface area contributed by atoms with Gasteiger partial charge in [0, 0.05) is 24.3 Å². The fraction of sp³-hybridized carbons (Fsp3) is 0.111. The number of rotatable bonds is 0. The average molecular weight is 148 g/mol. The molecule has 0 fully saturated rings. The molecule has 0 aromatic carbocycles. The Morgan fingerprint density at radius 2 is 1.73 bits per heavy atom. The van der Waals surface area contributed by atoms with E-state index in [0.717, 1.165) is 0 Å². The summed E-state index contributed by atoms with van der Waals surface area (Å²) in [5.41, 5.74) is 1.22. The van der Waals surface area contributed by atoms with Gasteiger partial charge in [-0.1, -0.05) is 0 Å². The van der Waals surface area contributed by atoms with Crippen molar-refractivity contribution >= 4 is 0 Å². The quantitative estimate of drug-likeness (QED) is 0.574. The maximum Gasteiger partial charge on any atom is 0.0115 e. The number of H-pyrrole nitrogens is 2. The van der Waals surface area contributed by atoms with E-state index in [4.69, 9.17) is 0 Å². The third-order valence-electron chi connectivity index (χ3n) is 1.25. The molecule has 0 amide bonds. The molecule has 2 heterocycles. The summed E-state index contributed by atoms with van der Waals surface area (Å²) in [7, 11) is 0. The molecule has 2 aromatic heterocycles. The second-order valence-electron chi connectivity index (χ2n) is 2.24. The van der Waals surface area contributed by atoms with E-state index in [2.05, 4.69) is 9.97 Å². The van der Waals surface area contributed by atoms with E-state index in [1.807, 2.05) is 49.8 Å². The standard InChI is InChI=1S/C5H7N.C4H5N/c1-5-3-2-4-6-5;1-2-4-5-3-1/h2-4,6H,1H3;1-5H. The fourth-order valence-electron chi connectivity index (χ4n) is 0.698. The zero-order valence-corrected chi connectivity index (χ0v) is 6.54. The van der Waals surface area contributed by atoms with Crippen molar-refractivity contribution in [3.8, 4) is 0 Å². The lowest BCUT2D eigenvalue weighted by molar-refractivity contribution is 1.27. The van der Waals surface area contributed by atoms with Gasteiger partial charge in [0.15, 0.2) is 0 Å². The van der Waals surface area contributed by atoms with Crippen LogP contribution in [0.1, 0.15) is 5.69 Å². The van der Waals surface area contributed by atoms with Gasteiger partial charge in [-0.3, -0.25) is 0 Å². The summed E-state index contributed by atoms with van der Waals surface area (Å²) in [6.07, 6.45) is 5.66. The second kappa shape index (κ2) is 4.39. The normalized spacial score (nSPS) is 8.45. The minimum Gasteiger partial charge on any atom is -0.368 e. The zero-order chi connectivity index (χ0) is 7.94. The smallest absolute Gasteiger partial charge is 0.0115 e. The Morgan fingerprint density at radius 1 is 1.00 bits per heavy atom. The van der Waals surface area contributed by atoms with Gasteiger partial charge in [0.1, 0.15) is 0 Å².